The minimum atomic E-state index is -0.433. The van der Waals surface area contributed by atoms with Gasteiger partial charge in [-0.2, -0.15) is 0 Å². The molecule has 178 valence electrons. The molecule has 3 rings (SSSR count). The first kappa shape index (κ1) is 24.1. The van der Waals surface area contributed by atoms with Gasteiger partial charge in [-0.15, -0.1) is 0 Å². The van der Waals surface area contributed by atoms with Crippen LogP contribution >= 0.6 is 0 Å². The Labute approximate surface area is 190 Å². The Kier molecular flexibility index (Phi) is 8.27. The van der Waals surface area contributed by atoms with Crippen molar-refractivity contribution in [2.75, 3.05) is 56.4 Å². The number of aromatic amines is 2. The normalized spacial score (nSPS) is 14.6. The zero-order valence-corrected chi connectivity index (χ0v) is 18.7. The van der Waals surface area contributed by atoms with E-state index in [1.807, 2.05) is 0 Å². The number of aromatic nitrogens is 4. The van der Waals surface area contributed by atoms with Crippen LogP contribution in [-0.2, 0) is 4.79 Å². The van der Waals surface area contributed by atoms with Crippen molar-refractivity contribution in [2.24, 2.45) is 0 Å². The molecule has 5 N–H and O–H groups in total. The molecule has 0 aliphatic carbocycles. The molecule has 0 atom stereocenters. The minimum absolute atomic E-state index is 0.111. The highest BCUT2D eigenvalue weighted by Crippen LogP contribution is 2.04. The summed E-state index contributed by atoms with van der Waals surface area (Å²) in [5.74, 6) is 0.0708. The number of hydrogen-bond acceptors (Lipinski definition) is 8. The summed E-state index contributed by atoms with van der Waals surface area (Å²) < 4.78 is 0. The van der Waals surface area contributed by atoms with Crippen LogP contribution in [0.15, 0.2) is 21.7 Å². The van der Waals surface area contributed by atoms with Crippen LogP contribution in [0.3, 0.4) is 0 Å². The fourth-order valence-electron chi connectivity index (χ4n) is 3.45. The summed E-state index contributed by atoms with van der Waals surface area (Å²) in [5, 5.41) is 7.88. The number of nitrogens with one attached hydrogen (secondary N) is 5. The molecule has 0 spiro atoms. The zero-order valence-electron chi connectivity index (χ0n) is 18.7. The number of carbonyl (C=O) groups excluding carboxylic acids is 2. The maximum atomic E-state index is 12.1. The Balaban J connectivity index is 1.30. The van der Waals surface area contributed by atoms with Crippen LogP contribution < -0.4 is 27.1 Å². The van der Waals surface area contributed by atoms with Gasteiger partial charge in [0.1, 0.15) is 0 Å². The quantitative estimate of drug-likeness (QED) is 0.343. The SMILES string of the molecule is Cc1cc(=O)[nH]c(NC(=O)CCN2CCN(CCNC(=O)Nc3nc(C)cc(=O)[nH]3)CC2)n1. The number of carbonyl (C=O) groups is 2. The van der Waals surface area contributed by atoms with E-state index in [1.165, 1.54) is 12.1 Å². The van der Waals surface area contributed by atoms with Gasteiger partial charge in [0.25, 0.3) is 11.1 Å². The number of aryl methyl sites for hydroxylation is 2. The zero-order chi connectivity index (χ0) is 23.8. The van der Waals surface area contributed by atoms with Gasteiger partial charge in [-0.1, -0.05) is 0 Å². The molecule has 3 amide bonds. The van der Waals surface area contributed by atoms with E-state index in [2.05, 4.69) is 45.7 Å². The Morgan fingerprint density at radius 3 is 1.94 bits per heavy atom. The van der Waals surface area contributed by atoms with Gasteiger partial charge in [-0.3, -0.25) is 39.9 Å². The molecule has 13 heteroatoms. The van der Waals surface area contributed by atoms with Gasteiger partial charge < -0.3 is 10.2 Å². The molecular weight excluding hydrogens is 430 g/mol. The van der Waals surface area contributed by atoms with E-state index < -0.39 is 6.03 Å². The predicted molar refractivity (Wildman–Crippen MR) is 122 cm³/mol. The number of hydrogen-bond donors (Lipinski definition) is 5. The van der Waals surface area contributed by atoms with E-state index in [0.717, 1.165) is 26.2 Å². The lowest BCUT2D eigenvalue weighted by Gasteiger charge is -2.34. The van der Waals surface area contributed by atoms with Crippen LogP contribution in [0.5, 0.6) is 0 Å². The molecule has 0 saturated carbocycles. The Morgan fingerprint density at radius 2 is 1.39 bits per heavy atom. The summed E-state index contributed by atoms with van der Waals surface area (Å²) in [4.78, 5) is 64.5. The van der Waals surface area contributed by atoms with Gasteiger partial charge in [0, 0.05) is 75.8 Å². The molecule has 1 saturated heterocycles. The molecule has 0 radical (unpaired) electrons. The molecule has 13 nitrogen and oxygen atoms in total. The summed E-state index contributed by atoms with van der Waals surface area (Å²) in [5.41, 5.74) is 0.433. The van der Waals surface area contributed by atoms with Crippen molar-refractivity contribution >= 4 is 23.8 Å². The monoisotopic (exact) mass is 459 g/mol. The van der Waals surface area contributed by atoms with Crippen molar-refractivity contribution in [1.82, 2.24) is 35.1 Å². The number of nitrogens with zero attached hydrogens (tertiary/aromatic N) is 4. The minimum Gasteiger partial charge on any atom is -0.337 e. The Morgan fingerprint density at radius 1 is 0.879 bits per heavy atom. The van der Waals surface area contributed by atoms with E-state index in [0.29, 0.717) is 37.4 Å². The average molecular weight is 460 g/mol. The molecule has 0 unspecified atom stereocenters. The summed E-state index contributed by atoms with van der Waals surface area (Å²) >= 11 is 0. The summed E-state index contributed by atoms with van der Waals surface area (Å²) in [6.45, 7) is 8.38. The van der Waals surface area contributed by atoms with Crippen molar-refractivity contribution in [3.05, 3.63) is 44.2 Å². The highest BCUT2D eigenvalue weighted by molar-refractivity contribution is 5.89. The lowest BCUT2D eigenvalue weighted by molar-refractivity contribution is -0.116. The number of H-pyrrole nitrogens is 2. The number of anilines is 2. The van der Waals surface area contributed by atoms with Crippen LogP contribution in [0.25, 0.3) is 0 Å². The maximum absolute atomic E-state index is 12.1. The van der Waals surface area contributed by atoms with Crippen molar-refractivity contribution in [3.63, 3.8) is 0 Å². The average Bonchev–Trinajstić information content (AvgIpc) is 2.71. The highest BCUT2D eigenvalue weighted by atomic mass is 16.2. The van der Waals surface area contributed by atoms with Gasteiger partial charge in [-0.25, -0.2) is 14.8 Å². The third kappa shape index (κ3) is 8.12. The molecule has 3 heterocycles. The Bertz CT molecular complexity index is 1090. The highest BCUT2D eigenvalue weighted by Gasteiger charge is 2.17. The fraction of sp³-hybridized carbons (Fsp3) is 0.500. The second-order valence-corrected chi connectivity index (χ2v) is 7.83. The second-order valence-electron chi connectivity index (χ2n) is 7.83. The molecule has 1 aliphatic heterocycles. The van der Waals surface area contributed by atoms with Gasteiger partial charge in [0.2, 0.25) is 17.8 Å². The van der Waals surface area contributed by atoms with Gasteiger partial charge >= 0.3 is 6.03 Å². The molecule has 2 aromatic heterocycles. The lowest BCUT2D eigenvalue weighted by Crippen LogP contribution is -2.49. The van der Waals surface area contributed by atoms with E-state index in [-0.39, 0.29) is 28.9 Å². The molecule has 33 heavy (non-hydrogen) atoms. The van der Waals surface area contributed by atoms with Crippen LogP contribution in [0.2, 0.25) is 0 Å². The molecule has 0 aromatic carbocycles. The first-order valence-corrected chi connectivity index (χ1v) is 10.7. The van der Waals surface area contributed by atoms with Crippen LogP contribution in [0.4, 0.5) is 16.7 Å². The van der Waals surface area contributed by atoms with Crippen molar-refractivity contribution in [2.45, 2.75) is 20.3 Å². The van der Waals surface area contributed by atoms with E-state index >= 15 is 0 Å². The number of rotatable bonds is 8. The first-order valence-electron chi connectivity index (χ1n) is 10.7. The molecule has 2 aromatic rings. The molecule has 1 aliphatic rings. The first-order chi connectivity index (χ1) is 15.8. The largest absolute Gasteiger partial charge is 0.337 e. The predicted octanol–water partition coefficient (Wildman–Crippen LogP) is -0.762. The number of urea groups is 1. The maximum Gasteiger partial charge on any atom is 0.321 e. The van der Waals surface area contributed by atoms with Crippen LogP contribution in [0.1, 0.15) is 17.8 Å². The van der Waals surface area contributed by atoms with Gasteiger partial charge in [-0.05, 0) is 13.8 Å². The van der Waals surface area contributed by atoms with Crippen LogP contribution in [0, 0.1) is 13.8 Å². The number of piperazine rings is 1. The van der Waals surface area contributed by atoms with Crippen LogP contribution in [-0.4, -0.2) is 87.5 Å². The molecule has 1 fully saturated rings. The standard InChI is InChI=1S/C20H29N9O4/c1-13-11-16(31)25-18(22-13)24-15(30)3-5-28-7-9-29(10-8-28)6-4-21-20(33)27-19-23-14(2)12-17(32)26-19/h11-12H,3-10H2,1-2H3,(H2,22,24,25,30,31)(H3,21,23,26,27,32,33). The summed E-state index contributed by atoms with van der Waals surface area (Å²) in [6.07, 6.45) is 0.300. The smallest absolute Gasteiger partial charge is 0.321 e. The molecule has 0 bridgehead atoms. The van der Waals surface area contributed by atoms with Crippen molar-refractivity contribution in [1.29, 1.82) is 0 Å². The molecular formula is C20H29N9O4. The third-order valence-corrected chi connectivity index (χ3v) is 5.06. The lowest BCUT2D eigenvalue weighted by atomic mass is 10.3. The fourth-order valence-corrected chi connectivity index (χ4v) is 3.45. The second kappa shape index (κ2) is 11.3. The van der Waals surface area contributed by atoms with E-state index in [1.54, 1.807) is 13.8 Å². The summed E-state index contributed by atoms with van der Waals surface area (Å²) in [6, 6.07) is 2.27. The number of amides is 3. The van der Waals surface area contributed by atoms with E-state index in [4.69, 9.17) is 0 Å². The summed E-state index contributed by atoms with van der Waals surface area (Å²) in [7, 11) is 0. The van der Waals surface area contributed by atoms with Gasteiger partial charge in [0.05, 0.1) is 0 Å². The topological polar surface area (TPSA) is 168 Å². The van der Waals surface area contributed by atoms with Crippen molar-refractivity contribution < 1.29 is 9.59 Å². The van der Waals surface area contributed by atoms with Crippen molar-refractivity contribution in [3.8, 4) is 0 Å². The Hall–Kier alpha value is -3.58. The van der Waals surface area contributed by atoms with Gasteiger partial charge in [0.15, 0.2) is 0 Å². The van der Waals surface area contributed by atoms with E-state index in [9.17, 15) is 19.2 Å². The third-order valence-electron chi connectivity index (χ3n) is 5.06.